The van der Waals surface area contributed by atoms with Gasteiger partial charge in [-0.15, -0.1) is 0 Å². The third-order valence-electron chi connectivity index (χ3n) is 6.37. The molecule has 0 radical (unpaired) electrons. The van der Waals surface area contributed by atoms with E-state index in [4.69, 9.17) is 4.74 Å². The van der Waals surface area contributed by atoms with Gasteiger partial charge in [0.25, 0.3) is 0 Å². The lowest BCUT2D eigenvalue weighted by Gasteiger charge is -2.28. The molecule has 2 aromatic heterocycles. The lowest BCUT2D eigenvalue weighted by molar-refractivity contribution is -0.137. The van der Waals surface area contributed by atoms with E-state index >= 15 is 0 Å². The van der Waals surface area contributed by atoms with Gasteiger partial charge >= 0.3 is 6.18 Å². The van der Waals surface area contributed by atoms with Crippen LogP contribution in [0.5, 0.6) is 0 Å². The molecule has 2 aliphatic rings. The van der Waals surface area contributed by atoms with Crippen molar-refractivity contribution in [1.29, 1.82) is 0 Å². The van der Waals surface area contributed by atoms with Gasteiger partial charge in [-0.1, -0.05) is 18.2 Å². The lowest BCUT2D eigenvalue weighted by Crippen LogP contribution is -2.36. The number of carbonyl (C=O) groups excluding carboxylic acids is 1. The number of nitrogens with zero attached hydrogens (tertiary/aromatic N) is 2. The van der Waals surface area contributed by atoms with E-state index < -0.39 is 17.5 Å². The van der Waals surface area contributed by atoms with E-state index in [0.29, 0.717) is 23.7 Å². The fraction of sp³-hybridized carbons (Fsp3) is 0.250. The Morgan fingerprint density at radius 3 is 2.76 bits per heavy atom. The number of halogens is 3. The average molecular weight is 452 g/mol. The van der Waals surface area contributed by atoms with Gasteiger partial charge in [-0.05, 0) is 36.8 Å². The van der Waals surface area contributed by atoms with Crippen LogP contribution in [0.15, 0.2) is 54.7 Å². The van der Waals surface area contributed by atoms with Gasteiger partial charge in [0.2, 0.25) is 0 Å². The number of anilines is 1. The zero-order chi connectivity index (χ0) is 22.7. The van der Waals surface area contributed by atoms with Gasteiger partial charge in [0.1, 0.15) is 0 Å². The standard InChI is InChI=1S/C24H19F3N4O2/c25-24(26,27)18-4-2-1-3-17(18)22(32)13-7-21(28-10-13)23-29-19-6-5-14(9-20(19)30-23)31-11-16-8-15(31)12-33-16/h1-7,9-10,15-16,28H,8,11-12H2,(H,29,30)/t15-,16-/m0/s1. The molecule has 4 aromatic rings. The Labute approximate surface area is 186 Å². The van der Waals surface area contributed by atoms with Crippen molar-refractivity contribution < 1.29 is 22.7 Å². The van der Waals surface area contributed by atoms with E-state index in [0.717, 1.165) is 42.4 Å². The number of nitrogens with one attached hydrogen (secondary N) is 2. The van der Waals surface area contributed by atoms with Crippen LogP contribution >= 0.6 is 0 Å². The number of aromatic nitrogens is 3. The van der Waals surface area contributed by atoms with Crippen LogP contribution in [0.2, 0.25) is 0 Å². The molecule has 2 aliphatic heterocycles. The molecule has 0 aliphatic carbocycles. The minimum atomic E-state index is -4.61. The maximum atomic E-state index is 13.3. The van der Waals surface area contributed by atoms with Crippen molar-refractivity contribution in [3.8, 4) is 11.5 Å². The molecule has 0 amide bonds. The summed E-state index contributed by atoms with van der Waals surface area (Å²) in [7, 11) is 0. The van der Waals surface area contributed by atoms with Crippen LogP contribution in [0.4, 0.5) is 18.9 Å². The van der Waals surface area contributed by atoms with Crippen molar-refractivity contribution in [2.75, 3.05) is 18.1 Å². The maximum absolute atomic E-state index is 13.3. The zero-order valence-electron chi connectivity index (χ0n) is 17.3. The molecule has 0 unspecified atom stereocenters. The zero-order valence-corrected chi connectivity index (χ0v) is 17.3. The fourth-order valence-corrected chi connectivity index (χ4v) is 4.77. The first kappa shape index (κ1) is 20.0. The SMILES string of the molecule is O=C(c1c[nH]c(-c2nc3ccc(N4C[C@@H]5C[C@H]4CO5)cc3[nH]2)c1)c1ccccc1C(F)(F)F. The van der Waals surface area contributed by atoms with Gasteiger partial charge < -0.3 is 19.6 Å². The first-order chi connectivity index (χ1) is 15.9. The number of rotatable bonds is 4. The van der Waals surface area contributed by atoms with Crippen LogP contribution < -0.4 is 4.90 Å². The van der Waals surface area contributed by atoms with Gasteiger partial charge in [0, 0.05) is 29.6 Å². The molecule has 0 spiro atoms. The molecule has 2 aromatic carbocycles. The molecule has 2 fully saturated rings. The Balaban J connectivity index is 1.30. The van der Waals surface area contributed by atoms with Crippen molar-refractivity contribution in [3.63, 3.8) is 0 Å². The number of ketones is 1. The predicted octanol–water partition coefficient (Wildman–Crippen LogP) is 4.79. The van der Waals surface area contributed by atoms with Crippen molar-refractivity contribution >= 4 is 22.5 Å². The summed E-state index contributed by atoms with van der Waals surface area (Å²) in [6, 6.07) is 12.7. The van der Waals surface area contributed by atoms with Crippen LogP contribution in [0.25, 0.3) is 22.6 Å². The summed E-state index contributed by atoms with van der Waals surface area (Å²) in [6.45, 7) is 1.62. The summed E-state index contributed by atoms with van der Waals surface area (Å²) < 4.78 is 45.6. The van der Waals surface area contributed by atoms with Gasteiger partial charge in [-0.2, -0.15) is 13.2 Å². The van der Waals surface area contributed by atoms with Crippen LogP contribution in [0.3, 0.4) is 0 Å². The number of fused-ring (bicyclic) bond motifs is 3. The highest BCUT2D eigenvalue weighted by Gasteiger charge is 2.39. The van der Waals surface area contributed by atoms with Gasteiger partial charge in [-0.3, -0.25) is 4.79 Å². The molecule has 33 heavy (non-hydrogen) atoms. The molecule has 0 saturated carbocycles. The Hall–Kier alpha value is -3.59. The Morgan fingerprint density at radius 1 is 1.15 bits per heavy atom. The molecule has 2 bridgehead atoms. The summed E-state index contributed by atoms with van der Waals surface area (Å²) in [5.41, 5.74) is 2.03. The molecule has 6 rings (SSSR count). The van der Waals surface area contributed by atoms with E-state index in [1.54, 1.807) is 0 Å². The Bertz CT molecular complexity index is 1370. The molecule has 2 N–H and O–H groups in total. The smallest absolute Gasteiger partial charge is 0.374 e. The number of benzene rings is 2. The number of aromatic amines is 2. The molecule has 9 heteroatoms. The summed E-state index contributed by atoms with van der Waals surface area (Å²) in [5, 5.41) is 0. The second-order valence-corrected chi connectivity index (χ2v) is 8.46. The number of hydrogen-bond donors (Lipinski definition) is 2. The van der Waals surface area contributed by atoms with Crippen LogP contribution in [0.1, 0.15) is 27.9 Å². The lowest BCUT2D eigenvalue weighted by atomic mass is 9.99. The molecule has 2 atom stereocenters. The molecular weight excluding hydrogens is 433 g/mol. The van der Waals surface area contributed by atoms with Gasteiger partial charge in [0.05, 0.1) is 41.0 Å². The summed E-state index contributed by atoms with van der Waals surface area (Å²) in [4.78, 5) is 26.0. The van der Waals surface area contributed by atoms with Gasteiger partial charge in [-0.25, -0.2) is 4.98 Å². The average Bonchev–Trinajstić information content (AvgIpc) is 3.60. The summed E-state index contributed by atoms with van der Waals surface area (Å²) >= 11 is 0. The number of hydrogen-bond acceptors (Lipinski definition) is 4. The first-order valence-electron chi connectivity index (χ1n) is 10.6. The fourth-order valence-electron chi connectivity index (χ4n) is 4.77. The van der Waals surface area contributed by atoms with Crippen LogP contribution in [0, 0.1) is 0 Å². The molecule has 4 heterocycles. The summed E-state index contributed by atoms with van der Waals surface area (Å²) in [6.07, 6.45) is -1.86. The minimum Gasteiger partial charge on any atom is -0.374 e. The monoisotopic (exact) mass is 452 g/mol. The van der Waals surface area contributed by atoms with E-state index in [9.17, 15) is 18.0 Å². The minimum absolute atomic E-state index is 0.135. The quantitative estimate of drug-likeness (QED) is 0.437. The number of H-pyrrole nitrogens is 2. The highest BCUT2D eigenvalue weighted by atomic mass is 19.4. The molecule has 6 nitrogen and oxygen atoms in total. The Morgan fingerprint density at radius 2 is 2.00 bits per heavy atom. The van der Waals surface area contributed by atoms with Crippen LogP contribution in [-0.2, 0) is 10.9 Å². The van der Waals surface area contributed by atoms with Crippen LogP contribution in [-0.4, -0.2) is 46.0 Å². The Kier molecular flexibility index (Phi) is 4.38. The largest absolute Gasteiger partial charge is 0.417 e. The van der Waals surface area contributed by atoms with Crippen molar-refractivity contribution in [2.24, 2.45) is 0 Å². The molecular formula is C24H19F3N4O2. The van der Waals surface area contributed by atoms with E-state index in [2.05, 4.69) is 19.9 Å². The number of ether oxygens (including phenoxy) is 1. The van der Waals surface area contributed by atoms with E-state index in [1.165, 1.54) is 30.5 Å². The number of imidazole rings is 1. The van der Waals surface area contributed by atoms with Crippen molar-refractivity contribution in [3.05, 3.63) is 71.4 Å². The maximum Gasteiger partial charge on any atom is 0.417 e. The normalized spacial score (nSPS) is 20.2. The second kappa shape index (κ2) is 7.21. The summed E-state index contributed by atoms with van der Waals surface area (Å²) in [5.74, 6) is -0.188. The third kappa shape index (κ3) is 3.39. The van der Waals surface area contributed by atoms with Crippen molar-refractivity contribution in [1.82, 2.24) is 15.0 Å². The molecule has 168 valence electrons. The number of alkyl halides is 3. The topological polar surface area (TPSA) is 74.0 Å². The van der Waals surface area contributed by atoms with E-state index in [-0.39, 0.29) is 11.1 Å². The molecule has 2 saturated heterocycles. The number of carbonyl (C=O) groups is 1. The van der Waals surface area contributed by atoms with Gasteiger partial charge in [0.15, 0.2) is 11.6 Å². The third-order valence-corrected chi connectivity index (χ3v) is 6.37. The number of morpholine rings is 1. The van der Waals surface area contributed by atoms with E-state index in [1.807, 2.05) is 18.2 Å². The first-order valence-corrected chi connectivity index (χ1v) is 10.6. The predicted molar refractivity (Wildman–Crippen MR) is 116 cm³/mol. The van der Waals surface area contributed by atoms with Crippen molar-refractivity contribution in [2.45, 2.75) is 24.7 Å². The highest BCUT2D eigenvalue weighted by Crippen LogP contribution is 2.35. The highest BCUT2D eigenvalue weighted by molar-refractivity contribution is 6.10. The second-order valence-electron chi connectivity index (χ2n) is 8.46.